The molecule has 2 nitrogen and oxygen atoms in total. The molecular weight excluding hydrogens is 289 g/mol. The zero-order valence-electron chi connectivity index (χ0n) is 12.5. The minimum Gasteiger partial charge on any atom is -0.489 e. The summed E-state index contributed by atoms with van der Waals surface area (Å²) in [6.45, 7) is 0.330. The van der Waals surface area contributed by atoms with Crippen LogP contribution in [-0.2, 0) is 6.61 Å². The zero-order chi connectivity index (χ0) is 15.9. The number of hydrogen-bond donors (Lipinski definition) is 0. The van der Waals surface area contributed by atoms with Crippen LogP contribution in [0.5, 0.6) is 5.75 Å². The van der Waals surface area contributed by atoms with Crippen molar-refractivity contribution in [2.45, 2.75) is 6.61 Å². The summed E-state index contributed by atoms with van der Waals surface area (Å²) in [6.07, 6.45) is 1.80. The highest BCUT2D eigenvalue weighted by atomic mass is 19.1. The summed E-state index contributed by atoms with van der Waals surface area (Å²) in [5.41, 5.74) is 2.65. The summed E-state index contributed by atoms with van der Waals surface area (Å²) in [6, 6.07) is 23.8. The predicted molar refractivity (Wildman–Crippen MR) is 90.9 cm³/mol. The molecule has 0 bridgehead atoms. The van der Waals surface area contributed by atoms with E-state index in [0.717, 1.165) is 22.6 Å². The number of para-hydroxylation sites is 1. The van der Waals surface area contributed by atoms with Crippen molar-refractivity contribution in [2.24, 2.45) is 4.99 Å². The van der Waals surface area contributed by atoms with Crippen LogP contribution in [0.25, 0.3) is 0 Å². The SMILES string of the molecule is Fc1cccc(COc2cccc(C=Nc3ccccc3)c2)c1. The van der Waals surface area contributed by atoms with Gasteiger partial charge < -0.3 is 4.74 Å². The van der Waals surface area contributed by atoms with Crippen molar-refractivity contribution in [3.05, 3.63) is 95.8 Å². The molecule has 0 aliphatic heterocycles. The molecule has 0 aliphatic rings. The maximum absolute atomic E-state index is 13.1. The van der Waals surface area contributed by atoms with Gasteiger partial charge in [0.25, 0.3) is 0 Å². The van der Waals surface area contributed by atoms with Crippen molar-refractivity contribution >= 4 is 11.9 Å². The third kappa shape index (κ3) is 4.51. The van der Waals surface area contributed by atoms with Crippen molar-refractivity contribution in [3.8, 4) is 5.75 Å². The van der Waals surface area contributed by atoms with E-state index in [2.05, 4.69) is 4.99 Å². The summed E-state index contributed by atoms with van der Waals surface area (Å²) in [4.78, 5) is 4.42. The quantitative estimate of drug-likeness (QED) is 0.597. The summed E-state index contributed by atoms with van der Waals surface area (Å²) in [7, 11) is 0. The number of benzene rings is 3. The van der Waals surface area contributed by atoms with Crippen LogP contribution in [-0.4, -0.2) is 6.21 Å². The largest absolute Gasteiger partial charge is 0.489 e. The first-order valence-corrected chi connectivity index (χ1v) is 7.36. The molecule has 0 unspecified atom stereocenters. The van der Waals surface area contributed by atoms with Crippen LogP contribution >= 0.6 is 0 Å². The molecule has 0 atom stereocenters. The van der Waals surface area contributed by atoms with Crippen molar-refractivity contribution in [3.63, 3.8) is 0 Å². The van der Waals surface area contributed by atoms with Crippen LogP contribution in [0.3, 0.4) is 0 Å². The van der Waals surface area contributed by atoms with E-state index in [1.807, 2.05) is 60.7 Å². The molecule has 0 aliphatic carbocycles. The molecule has 0 saturated heterocycles. The van der Waals surface area contributed by atoms with Crippen molar-refractivity contribution < 1.29 is 9.13 Å². The predicted octanol–water partition coefficient (Wildman–Crippen LogP) is 5.16. The lowest BCUT2D eigenvalue weighted by Crippen LogP contribution is -1.96. The first kappa shape index (κ1) is 15.0. The summed E-state index contributed by atoms with van der Waals surface area (Å²) in [5, 5.41) is 0. The monoisotopic (exact) mass is 305 g/mol. The Morgan fingerprint density at radius 2 is 1.70 bits per heavy atom. The fraction of sp³-hybridized carbons (Fsp3) is 0.0500. The van der Waals surface area contributed by atoms with Crippen LogP contribution in [0.1, 0.15) is 11.1 Å². The Labute approximate surface area is 134 Å². The molecule has 0 saturated carbocycles. The van der Waals surface area contributed by atoms with Gasteiger partial charge in [-0.15, -0.1) is 0 Å². The summed E-state index contributed by atoms with van der Waals surface area (Å²) >= 11 is 0. The van der Waals surface area contributed by atoms with E-state index in [1.165, 1.54) is 12.1 Å². The van der Waals surface area contributed by atoms with Gasteiger partial charge in [0.15, 0.2) is 0 Å². The third-order valence-corrected chi connectivity index (χ3v) is 3.27. The topological polar surface area (TPSA) is 21.6 Å². The molecule has 3 aromatic carbocycles. The van der Waals surface area contributed by atoms with Gasteiger partial charge in [-0.25, -0.2) is 4.39 Å². The number of halogens is 1. The zero-order valence-corrected chi connectivity index (χ0v) is 12.5. The van der Waals surface area contributed by atoms with Gasteiger partial charge in [0.05, 0.1) is 5.69 Å². The fourth-order valence-electron chi connectivity index (χ4n) is 2.14. The van der Waals surface area contributed by atoms with E-state index >= 15 is 0 Å². The molecule has 0 aromatic heterocycles. The van der Waals surface area contributed by atoms with Gasteiger partial charge in [0, 0.05) is 6.21 Å². The minimum absolute atomic E-state index is 0.255. The normalized spacial score (nSPS) is 10.8. The van der Waals surface area contributed by atoms with E-state index in [4.69, 9.17) is 4.74 Å². The van der Waals surface area contributed by atoms with Gasteiger partial charge in [0.2, 0.25) is 0 Å². The highest BCUT2D eigenvalue weighted by Crippen LogP contribution is 2.16. The van der Waals surface area contributed by atoms with Gasteiger partial charge in [0.1, 0.15) is 18.2 Å². The fourth-order valence-corrected chi connectivity index (χ4v) is 2.14. The summed E-state index contributed by atoms with van der Waals surface area (Å²) in [5.74, 6) is 0.473. The minimum atomic E-state index is -0.255. The standard InChI is InChI=1S/C20H16FNO/c21-18-8-4-7-17(12-18)15-23-20-11-5-6-16(13-20)14-22-19-9-2-1-3-10-19/h1-14H,15H2. The first-order chi connectivity index (χ1) is 11.3. The van der Waals surface area contributed by atoms with Crippen LogP contribution < -0.4 is 4.74 Å². The van der Waals surface area contributed by atoms with Crippen LogP contribution in [0.15, 0.2) is 83.9 Å². The smallest absolute Gasteiger partial charge is 0.123 e. The molecular formula is C20H16FNO. The molecule has 23 heavy (non-hydrogen) atoms. The molecule has 0 N–H and O–H groups in total. The van der Waals surface area contributed by atoms with Crippen LogP contribution in [0, 0.1) is 5.82 Å². The average Bonchev–Trinajstić information content (AvgIpc) is 2.60. The van der Waals surface area contributed by atoms with E-state index in [-0.39, 0.29) is 5.82 Å². The molecule has 0 radical (unpaired) electrons. The Morgan fingerprint density at radius 3 is 2.52 bits per heavy atom. The van der Waals surface area contributed by atoms with Gasteiger partial charge in [-0.05, 0) is 47.5 Å². The number of rotatable bonds is 5. The van der Waals surface area contributed by atoms with Gasteiger partial charge in [-0.1, -0.05) is 42.5 Å². The van der Waals surface area contributed by atoms with Crippen molar-refractivity contribution in [2.75, 3.05) is 0 Å². The Hall–Kier alpha value is -2.94. The molecule has 0 fully saturated rings. The number of nitrogens with zero attached hydrogens (tertiary/aromatic N) is 1. The van der Waals surface area contributed by atoms with Gasteiger partial charge in [-0.3, -0.25) is 4.99 Å². The Kier molecular flexibility index (Phi) is 4.79. The molecule has 0 heterocycles. The van der Waals surface area contributed by atoms with Gasteiger partial charge in [-0.2, -0.15) is 0 Å². The molecule has 3 rings (SSSR count). The molecule has 3 aromatic rings. The molecule has 0 amide bonds. The third-order valence-electron chi connectivity index (χ3n) is 3.27. The average molecular weight is 305 g/mol. The first-order valence-electron chi connectivity index (χ1n) is 7.36. The lowest BCUT2D eigenvalue weighted by Gasteiger charge is -2.07. The lowest BCUT2D eigenvalue weighted by atomic mass is 10.2. The van der Waals surface area contributed by atoms with Crippen molar-refractivity contribution in [1.82, 2.24) is 0 Å². The van der Waals surface area contributed by atoms with E-state index < -0.39 is 0 Å². The van der Waals surface area contributed by atoms with E-state index in [1.54, 1.807) is 12.3 Å². The summed E-state index contributed by atoms with van der Waals surface area (Å²) < 4.78 is 18.9. The second-order valence-corrected chi connectivity index (χ2v) is 5.08. The van der Waals surface area contributed by atoms with Crippen molar-refractivity contribution in [1.29, 1.82) is 0 Å². The molecule has 3 heteroatoms. The van der Waals surface area contributed by atoms with Crippen LogP contribution in [0.2, 0.25) is 0 Å². The second kappa shape index (κ2) is 7.36. The molecule has 114 valence electrons. The number of aliphatic imine (C=N–C) groups is 1. The van der Waals surface area contributed by atoms with Gasteiger partial charge >= 0.3 is 0 Å². The van der Waals surface area contributed by atoms with Crippen LogP contribution in [0.4, 0.5) is 10.1 Å². The maximum atomic E-state index is 13.1. The Morgan fingerprint density at radius 1 is 0.870 bits per heavy atom. The highest BCUT2D eigenvalue weighted by Gasteiger charge is 1.99. The lowest BCUT2D eigenvalue weighted by molar-refractivity contribution is 0.305. The van der Waals surface area contributed by atoms with E-state index in [9.17, 15) is 4.39 Å². The second-order valence-electron chi connectivity index (χ2n) is 5.08. The Bertz CT molecular complexity index is 800. The number of hydrogen-bond acceptors (Lipinski definition) is 2. The van der Waals surface area contributed by atoms with E-state index in [0.29, 0.717) is 6.61 Å². The highest BCUT2D eigenvalue weighted by molar-refractivity contribution is 5.82. The molecule has 0 spiro atoms. The Balaban J connectivity index is 1.66. The maximum Gasteiger partial charge on any atom is 0.123 e. The number of ether oxygens (including phenoxy) is 1.